The van der Waals surface area contributed by atoms with E-state index in [4.69, 9.17) is 0 Å². The molecule has 2 aromatic rings. The first-order valence-electron chi connectivity index (χ1n) is 7.99. The number of hydrogen-bond donors (Lipinski definition) is 1. The van der Waals surface area contributed by atoms with Crippen LogP contribution in [0.25, 0.3) is 10.6 Å². The minimum Gasteiger partial charge on any atom is -0.346 e. The number of amides is 2. The van der Waals surface area contributed by atoms with Crippen molar-refractivity contribution in [3.05, 3.63) is 29.3 Å². The summed E-state index contributed by atoms with van der Waals surface area (Å²) in [6, 6.07) is 4.18. The molecule has 2 amide bonds. The molecule has 0 saturated carbocycles. The fraction of sp³-hybridized carbons (Fsp3) is 0.438. The summed E-state index contributed by atoms with van der Waals surface area (Å²) in [5.41, 5.74) is 2.22. The minimum atomic E-state index is -0.480. The van der Waals surface area contributed by atoms with E-state index >= 15 is 0 Å². The molecular weight excluding hydrogens is 326 g/mol. The molecule has 8 heteroatoms. The summed E-state index contributed by atoms with van der Waals surface area (Å²) in [7, 11) is 1.94. The van der Waals surface area contributed by atoms with Crippen LogP contribution in [0.5, 0.6) is 0 Å². The van der Waals surface area contributed by atoms with Gasteiger partial charge in [0.05, 0.1) is 10.9 Å². The van der Waals surface area contributed by atoms with E-state index in [-0.39, 0.29) is 6.04 Å². The Labute approximate surface area is 143 Å². The van der Waals surface area contributed by atoms with Crippen LogP contribution >= 0.6 is 11.3 Å². The van der Waals surface area contributed by atoms with Crippen molar-refractivity contribution < 1.29 is 9.59 Å². The Morgan fingerprint density at radius 3 is 3.04 bits per heavy atom. The van der Waals surface area contributed by atoms with Gasteiger partial charge in [-0.3, -0.25) is 19.2 Å². The Bertz CT molecular complexity index is 770. The van der Waals surface area contributed by atoms with Crippen LogP contribution < -0.4 is 5.32 Å². The fourth-order valence-corrected chi connectivity index (χ4v) is 4.18. The van der Waals surface area contributed by atoms with Gasteiger partial charge < -0.3 is 10.2 Å². The first-order valence-corrected chi connectivity index (χ1v) is 8.87. The number of piperazine rings is 2. The van der Waals surface area contributed by atoms with Crippen molar-refractivity contribution >= 4 is 23.2 Å². The second-order valence-electron chi connectivity index (χ2n) is 6.25. The third-order valence-corrected chi connectivity index (χ3v) is 5.45. The zero-order chi connectivity index (χ0) is 16.7. The molecule has 0 bridgehead atoms. The molecule has 4 rings (SSSR count). The van der Waals surface area contributed by atoms with Gasteiger partial charge in [0.2, 0.25) is 0 Å². The van der Waals surface area contributed by atoms with Gasteiger partial charge in [-0.2, -0.15) is 5.10 Å². The summed E-state index contributed by atoms with van der Waals surface area (Å²) in [5.74, 6) is -0.876. The van der Waals surface area contributed by atoms with Crippen LogP contribution in [0.3, 0.4) is 0 Å². The molecule has 0 aromatic carbocycles. The Morgan fingerprint density at radius 1 is 1.38 bits per heavy atom. The quantitative estimate of drug-likeness (QED) is 0.812. The van der Waals surface area contributed by atoms with Gasteiger partial charge in [-0.15, -0.1) is 11.3 Å². The SMILES string of the molecule is Cn1cc(CN2CCN3C(=O)C(=O)NCC3C2)c(-c2cccs2)n1. The number of aromatic nitrogens is 2. The van der Waals surface area contributed by atoms with E-state index in [0.29, 0.717) is 13.1 Å². The molecule has 24 heavy (non-hydrogen) atoms. The summed E-state index contributed by atoms with van der Waals surface area (Å²) < 4.78 is 1.85. The van der Waals surface area contributed by atoms with Crippen LogP contribution in [0.2, 0.25) is 0 Å². The zero-order valence-corrected chi connectivity index (χ0v) is 14.3. The van der Waals surface area contributed by atoms with Gasteiger partial charge in [0.1, 0.15) is 5.69 Å². The summed E-state index contributed by atoms with van der Waals surface area (Å²) in [5, 5.41) is 9.34. The lowest BCUT2D eigenvalue weighted by molar-refractivity contribution is -0.152. The first kappa shape index (κ1) is 15.3. The lowest BCUT2D eigenvalue weighted by atomic mass is 10.1. The Kier molecular flexibility index (Phi) is 3.85. The molecule has 126 valence electrons. The van der Waals surface area contributed by atoms with E-state index in [1.54, 1.807) is 16.2 Å². The van der Waals surface area contributed by atoms with Crippen molar-refractivity contribution in [1.82, 2.24) is 24.9 Å². The highest BCUT2D eigenvalue weighted by atomic mass is 32.1. The van der Waals surface area contributed by atoms with Gasteiger partial charge >= 0.3 is 11.8 Å². The van der Waals surface area contributed by atoms with Crippen molar-refractivity contribution in [2.45, 2.75) is 12.6 Å². The van der Waals surface area contributed by atoms with E-state index in [2.05, 4.69) is 33.0 Å². The third kappa shape index (κ3) is 2.71. The molecule has 2 fully saturated rings. The number of nitrogens with one attached hydrogen (secondary N) is 1. The third-order valence-electron chi connectivity index (χ3n) is 4.57. The summed E-state index contributed by atoms with van der Waals surface area (Å²) >= 11 is 1.69. The predicted octanol–water partition coefficient (Wildman–Crippen LogP) is 0.291. The Hall–Kier alpha value is -2.19. The fourth-order valence-electron chi connectivity index (χ4n) is 3.44. The number of rotatable bonds is 3. The minimum absolute atomic E-state index is 0.0609. The van der Waals surface area contributed by atoms with Crippen molar-refractivity contribution in [2.24, 2.45) is 7.05 Å². The Balaban J connectivity index is 1.50. The molecule has 2 aliphatic heterocycles. The molecule has 0 aliphatic carbocycles. The highest BCUT2D eigenvalue weighted by molar-refractivity contribution is 7.13. The van der Waals surface area contributed by atoms with Crippen molar-refractivity contribution in [3.63, 3.8) is 0 Å². The first-order chi connectivity index (χ1) is 11.6. The number of fused-ring (bicyclic) bond motifs is 1. The summed E-state index contributed by atoms with van der Waals surface area (Å²) in [6.07, 6.45) is 2.06. The number of aryl methyl sites for hydroxylation is 1. The molecule has 0 radical (unpaired) electrons. The smallest absolute Gasteiger partial charge is 0.312 e. The average molecular weight is 345 g/mol. The number of carbonyl (C=O) groups excluding carboxylic acids is 2. The van der Waals surface area contributed by atoms with Crippen molar-refractivity contribution in [1.29, 1.82) is 0 Å². The standard InChI is InChI=1S/C16H19N5O2S/c1-19-8-11(14(18-19)13-3-2-6-24-13)9-20-4-5-21-12(10-20)7-17-15(22)16(21)23/h2-3,6,8,12H,4-5,7,9-10H2,1H3,(H,17,22). The molecule has 2 aromatic heterocycles. The normalized spacial score (nSPS) is 21.7. The van der Waals surface area contributed by atoms with E-state index in [1.807, 2.05) is 17.8 Å². The van der Waals surface area contributed by atoms with E-state index in [0.717, 1.165) is 25.3 Å². The van der Waals surface area contributed by atoms with E-state index in [9.17, 15) is 9.59 Å². The second-order valence-corrected chi connectivity index (χ2v) is 7.20. The van der Waals surface area contributed by atoms with Crippen LogP contribution in [0.1, 0.15) is 5.56 Å². The van der Waals surface area contributed by atoms with Crippen LogP contribution in [0.15, 0.2) is 23.7 Å². The lowest BCUT2D eigenvalue weighted by Gasteiger charge is -2.43. The summed E-state index contributed by atoms with van der Waals surface area (Å²) in [4.78, 5) is 28.6. The van der Waals surface area contributed by atoms with Gasteiger partial charge in [0.25, 0.3) is 0 Å². The van der Waals surface area contributed by atoms with Crippen LogP contribution in [0.4, 0.5) is 0 Å². The maximum absolute atomic E-state index is 11.9. The number of hydrogen-bond acceptors (Lipinski definition) is 5. The Morgan fingerprint density at radius 2 is 2.25 bits per heavy atom. The van der Waals surface area contributed by atoms with Gasteiger partial charge in [0.15, 0.2) is 0 Å². The van der Waals surface area contributed by atoms with Crippen molar-refractivity contribution in [2.75, 3.05) is 26.2 Å². The number of carbonyl (C=O) groups is 2. The van der Waals surface area contributed by atoms with Gasteiger partial charge in [-0.1, -0.05) is 6.07 Å². The molecule has 2 aliphatic rings. The molecule has 2 saturated heterocycles. The molecule has 4 heterocycles. The number of thiophene rings is 1. The van der Waals surface area contributed by atoms with Gasteiger partial charge in [0, 0.05) is 51.5 Å². The molecular formula is C16H19N5O2S. The average Bonchev–Trinajstić information content (AvgIpc) is 3.21. The second kappa shape index (κ2) is 6.03. The molecule has 1 unspecified atom stereocenters. The largest absolute Gasteiger partial charge is 0.346 e. The summed E-state index contributed by atoms with van der Waals surface area (Å²) in [6.45, 7) is 3.48. The number of nitrogens with zero attached hydrogens (tertiary/aromatic N) is 4. The highest BCUT2D eigenvalue weighted by Crippen LogP contribution is 2.28. The van der Waals surface area contributed by atoms with Gasteiger partial charge in [-0.25, -0.2) is 0 Å². The van der Waals surface area contributed by atoms with E-state index in [1.165, 1.54) is 10.4 Å². The molecule has 1 N–H and O–H groups in total. The molecule has 1 atom stereocenters. The highest BCUT2D eigenvalue weighted by Gasteiger charge is 2.37. The predicted molar refractivity (Wildman–Crippen MR) is 90.3 cm³/mol. The van der Waals surface area contributed by atoms with Crippen LogP contribution in [-0.4, -0.2) is 63.6 Å². The maximum Gasteiger partial charge on any atom is 0.312 e. The van der Waals surface area contributed by atoms with Crippen LogP contribution in [-0.2, 0) is 23.2 Å². The zero-order valence-electron chi connectivity index (χ0n) is 13.4. The molecule has 0 spiro atoms. The lowest BCUT2D eigenvalue weighted by Crippen LogP contribution is -2.65. The maximum atomic E-state index is 11.9. The van der Waals surface area contributed by atoms with Crippen molar-refractivity contribution in [3.8, 4) is 10.6 Å². The molecule has 7 nitrogen and oxygen atoms in total. The monoisotopic (exact) mass is 345 g/mol. The van der Waals surface area contributed by atoms with E-state index < -0.39 is 11.8 Å². The van der Waals surface area contributed by atoms with Gasteiger partial charge in [-0.05, 0) is 11.4 Å². The van der Waals surface area contributed by atoms with Crippen LogP contribution in [0, 0.1) is 0 Å². The topological polar surface area (TPSA) is 70.5 Å².